The number of aliphatic hydroxyl groups is 1. The van der Waals surface area contributed by atoms with E-state index < -0.39 is 0 Å². The van der Waals surface area contributed by atoms with Crippen molar-refractivity contribution in [2.24, 2.45) is 5.92 Å². The molecule has 0 saturated carbocycles. The third-order valence-corrected chi connectivity index (χ3v) is 7.95. The molecule has 1 unspecified atom stereocenters. The summed E-state index contributed by atoms with van der Waals surface area (Å²) < 4.78 is 12.3. The number of likely N-dealkylation sites (N-methyl/N-ethyl adjacent to an activating group) is 1. The van der Waals surface area contributed by atoms with E-state index in [0.29, 0.717) is 5.92 Å². The second kappa shape index (κ2) is 8.62. The van der Waals surface area contributed by atoms with Gasteiger partial charge in [-0.05, 0) is 42.5 Å². The summed E-state index contributed by atoms with van der Waals surface area (Å²) in [6.07, 6.45) is 5.97. The van der Waals surface area contributed by atoms with Crippen LogP contribution in [0.3, 0.4) is 0 Å². The lowest BCUT2D eigenvalue weighted by atomic mass is 9.62. The fraction of sp³-hybridized carbons (Fsp3) is 0.680. The van der Waals surface area contributed by atoms with Crippen LogP contribution >= 0.6 is 0 Å². The van der Waals surface area contributed by atoms with Gasteiger partial charge in [-0.3, -0.25) is 4.90 Å². The summed E-state index contributed by atoms with van der Waals surface area (Å²) in [5.41, 5.74) is 4.14. The number of rotatable bonds is 4. The van der Waals surface area contributed by atoms with Crippen molar-refractivity contribution in [2.75, 3.05) is 60.1 Å². The number of hydrogen-bond donors (Lipinski definition) is 1. The van der Waals surface area contributed by atoms with Crippen LogP contribution in [0, 0.1) is 12.8 Å². The zero-order valence-electron chi connectivity index (χ0n) is 19.2. The lowest BCUT2D eigenvalue weighted by Gasteiger charge is -2.42. The van der Waals surface area contributed by atoms with Crippen LogP contribution in [0.2, 0.25) is 0 Å². The molecule has 1 fully saturated rings. The molecule has 5 nitrogen and oxygen atoms in total. The van der Waals surface area contributed by atoms with E-state index in [1.165, 1.54) is 16.7 Å². The molecule has 4 rings (SSSR count). The Hall–Kier alpha value is -1.40. The number of fused-ring (bicyclic) bond motifs is 2. The molecular weight excluding hydrogens is 376 g/mol. The lowest BCUT2D eigenvalue weighted by Crippen LogP contribution is -2.50. The maximum atomic E-state index is 10.3. The predicted molar refractivity (Wildman–Crippen MR) is 120 cm³/mol. The van der Waals surface area contributed by atoms with E-state index in [0.717, 1.165) is 75.6 Å². The number of allylic oxidation sites excluding steroid dienone is 1. The molecule has 1 N–H and O–H groups in total. The number of nitrogens with zero attached hydrogens (tertiary/aromatic N) is 2. The highest BCUT2D eigenvalue weighted by Gasteiger charge is 2.46. The van der Waals surface area contributed by atoms with E-state index in [9.17, 15) is 5.11 Å². The van der Waals surface area contributed by atoms with Crippen molar-refractivity contribution in [1.29, 1.82) is 0 Å². The molecule has 1 aliphatic carbocycles. The molecule has 1 spiro atoms. The van der Waals surface area contributed by atoms with Gasteiger partial charge in [0, 0.05) is 37.0 Å². The number of morpholine rings is 1. The lowest BCUT2D eigenvalue weighted by molar-refractivity contribution is -0.922. The number of aliphatic hydroxyl groups excluding tert-OH is 1. The summed E-state index contributed by atoms with van der Waals surface area (Å²) in [7, 11) is 4.19. The van der Waals surface area contributed by atoms with Crippen molar-refractivity contribution < 1.29 is 19.1 Å². The minimum absolute atomic E-state index is 0.0256. The molecule has 2 heterocycles. The Morgan fingerprint density at radius 2 is 2.07 bits per heavy atom. The Morgan fingerprint density at radius 1 is 1.30 bits per heavy atom. The van der Waals surface area contributed by atoms with Crippen LogP contribution in [-0.2, 0) is 16.7 Å². The minimum Gasteiger partial charge on any atom is -0.496 e. The molecule has 0 bridgehead atoms. The highest BCUT2D eigenvalue weighted by molar-refractivity contribution is 5.51. The monoisotopic (exact) mass is 415 g/mol. The van der Waals surface area contributed by atoms with Crippen molar-refractivity contribution in [3.05, 3.63) is 41.0 Å². The normalized spacial score (nSPS) is 34.6. The highest BCUT2D eigenvalue weighted by Crippen LogP contribution is 2.49. The van der Waals surface area contributed by atoms with Crippen LogP contribution in [0.5, 0.6) is 5.75 Å². The third-order valence-electron chi connectivity index (χ3n) is 7.95. The van der Waals surface area contributed by atoms with E-state index in [1.807, 2.05) is 6.08 Å². The van der Waals surface area contributed by atoms with Crippen molar-refractivity contribution in [3.63, 3.8) is 0 Å². The van der Waals surface area contributed by atoms with Crippen LogP contribution in [0.25, 0.3) is 0 Å². The van der Waals surface area contributed by atoms with Crippen LogP contribution in [-0.4, -0.2) is 80.7 Å². The van der Waals surface area contributed by atoms with Crippen molar-refractivity contribution in [1.82, 2.24) is 4.90 Å². The van der Waals surface area contributed by atoms with Crippen LogP contribution < -0.4 is 4.74 Å². The van der Waals surface area contributed by atoms with Gasteiger partial charge in [-0.2, -0.15) is 0 Å². The fourth-order valence-electron chi connectivity index (χ4n) is 5.98. The molecule has 166 valence electrons. The molecule has 2 aliphatic heterocycles. The van der Waals surface area contributed by atoms with E-state index in [4.69, 9.17) is 9.47 Å². The number of benzene rings is 1. The smallest absolute Gasteiger partial charge is 0.122 e. The Bertz CT molecular complexity index is 789. The molecule has 1 saturated heterocycles. The van der Waals surface area contributed by atoms with Gasteiger partial charge in [-0.1, -0.05) is 19.1 Å². The average Bonchev–Trinajstić information content (AvgIpc) is 2.86. The molecule has 0 aromatic heterocycles. The summed E-state index contributed by atoms with van der Waals surface area (Å²) in [6, 6.07) is 4.44. The average molecular weight is 416 g/mol. The largest absolute Gasteiger partial charge is 0.496 e. The predicted octanol–water partition coefficient (Wildman–Crippen LogP) is 2.88. The Balaban J connectivity index is 1.69. The maximum absolute atomic E-state index is 10.3. The summed E-state index contributed by atoms with van der Waals surface area (Å²) in [4.78, 5) is 2.55. The van der Waals surface area contributed by atoms with Gasteiger partial charge in [-0.15, -0.1) is 0 Å². The zero-order valence-corrected chi connectivity index (χ0v) is 19.2. The summed E-state index contributed by atoms with van der Waals surface area (Å²) in [6.45, 7) is 12.8. The number of quaternary nitrogens is 1. The zero-order chi connectivity index (χ0) is 21.4. The number of hydrogen-bond acceptors (Lipinski definition) is 4. The topological polar surface area (TPSA) is 41.9 Å². The first-order chi connectivity index (χ1) is 14.4. The molecule has 1 aromatic rings. The van der Waals surface area contributed by atoms with Crippen LogP contribution in [0.1, 0.15) is 36.5 Å². The number of ether oxygens (including phenoxy) is 2. The van der Waals surface area contributed by atoms with Gasteiger partial charge >= 0.3 is 0 Å². The maximum Gasteiger partial charge on any atom is 0.122 e. The van der Waals surface area contributed by atoms with E-state index in [1.54, 1.807) is 7.11 Å². The summed E-state index contributed by atoms with van der Waals surface area (Å²) in [5.74, 6) is 1.37. The molecule has 5 heteroatoms. The molecular formula is C25H39N2O3+. The standard InChI is InChI=1S/C25H39N2O3/c1-19-17-22(28)7-8-25(19)9-13-27(3,14-10-26-11-15-30-16-12-26)18-21-5-6-23(29-4)20(2)24(21)25/h5-8,19,22,28H,9-18H2,1-4H3/q+1/t19-,22-,25-,27?/m0/s1. The van der Waals surface area contributed by atoms with Crippen molar-refractivity contribution in [2.45, 2.75) is 44.8 Å². The Morgan fingerprint density at radius 3 is 2.77 bits per heavy atom. The molecule has 1 aromatic carbocycles. The molecule has 30 heavy (non-hydrogen) atoms. The SMILES string of the molecule is COc1ccc2c(c1C)[C@@]1(C=C[C@H](O)C[C@@H]1C)CC[N+](C)(CCN1CCOCC1)C2. The first-order valence-electron chi connectivity index (χ1n) is 11.5. The van der Waals surface area contributed by atoms with Gasteiger partial charge in [0.25, 0.3) is 0 Å². The second-order valence-corrected chi connectivity index (χ2v) is 9.96. The quantitative estimate of drug-likeness (QED) is 0.607. The minimum atomic E-state index is -0.328. The highest BCUT2D eigenvalue weighted by atomic mass is 16.5. The molecule has 4 atom stereocenters. The van der Waals surface area contributed by atoms with Gasteiger partial charge in [0.05, 0.1) is 46.6 Å². The van der Waals surface area contributed by atoms with Crippen molar-refractivity contribution in [3.8, 4) is 5.75 Å². The Labute approximate surface area is 181 Å². The summed E-state index contributed by atoms with van der Waals surface area (Å²) in [5, 5.41) is 10.3. The van der Waals surface area contributed by atoms with Gasteiger partial charge in [0.1, 0.15) is 12.3 Å². The molecule has 0 radical (unpaired) electrons. The fourth-order valence-corrected chi connectivity index (χ4v) is 5.98. The Kier molecular flexibility index (Phi) is 6.27. The third kappa shape index (κ3) is 4.05. The van der Waals surface area contributed by atoms with Crippen LogP contribution in [0.4, 0.5) is 0 Å². The van der Waals surface area contributed by atoms with E-state index >= 15 is 0 Å². The second-order valence-electron chi connectivity index (χ2n) is 9.96. The first-order valence-corrected chi connectivity index (χ1v) is 11.5. The van der Waals surface area contributed by atoms with E-state index in [2.05, 4.69) is 44.0 Å². The van der Waals surface area contributed by atoms with Crippen LogP contribution in [0.15, 0.2) is 24.3 Å². The first kappa shape index (κ1) is 21.8. The molecule has 3 aliphatic rings. The van der Waals surface area contributed by atoms with Gasteiger partial charge < -0.3 is 19.1 Å². The molecule has 0 amide bonds. The van der Waals surface area contributed by atoms with E-state index in [-0.39, 0.29) is 11.5 Å². The summed E-state index contributed by atoms with van der Waals surface area (Å²) >= 11 is 0. The number of methoxy groups -OCH3 is 1. The van der Waals surface area contributed by atoms with Gasteiger partial charge in [0.2, 0.25) is 0 Å². The van der Waals surface area contributed by atoms with Gasteiger partial charge in [0.15, 0.2) is 0 Å². The van der Waals surface area contributed by atoms with Gasteiger partial charge in [-0.25, -0.2) is 0 Å². The van der Waals surface area contributed by atoms with Crippen molar-refractivity contribution >= 4 is 0 Å².